The first kappa shape index (κ1) is 18.5. The van der Waals surface area contributed by atoms with E-state index in [0.29, 0.717) is 12.3 Å². The van der Waals surface area contributed by atoms with E-state index in [9.17, 15) is 4.79 Å². The Morgan fingerprint density at radius 1 is 1.25 bits per heavy atom. The highest BCUT2D eigenvalue weighted by molar-refractivity contribution is 9.11. The van der Waals surface area contributed by atoms with Gasteiger partial charge in [0, 0.05) is 16.7 Å². The normalized spacial score (nSPS) is 11.4. The number of carbonyl (C=O) groups excluding carboxylic acids is 1. The van der Waals surface area contributed by atoms with E-state index in [2.05, 4.69) is 37.9 Å². The van der Waals surface area contributed by atoms with Gasteiger partial charge in [0.2, 0.25) is 0 Å². The summed E-state index contributed by atoms with van der Waals surface area (Å²) in [5.41, 5.74) is 0.753. The summed E-state index contributed by atoms with van der Waals surface area (Å²) in [5, 5.41) is 8.85. The summed E-state index contributed by atoms with van der Waals surface area (Å²) in [7, 11) is 0. The van der Waals surface area contributed by atoms with E-state index < -0.39 is 6.10 Å². The van der Waals surface area contributed by atoms with Crippen LogP contribution in [-0.4, -0.2) is 18.6 Å². The maximum atomic E-state index is 12.8. The zero-order valence-corrected chi connectivity index (χ0v) is 16.2. The van der Waals surface area contributed by atoms with E-state index in [1.165, 1.54) is 0 Å². The lowest BCUT2D eigenvalue weighted by molar-refractivity contribution is -0.124. The molecule has 0 unspecified atom stereocenters. The molecule has 0 saturated heterocycles. The van der Waals surface area contributed by atoms with Crippen molar-refractivity contribution in [2.75, 3.05) is 11.4 Å². The van der Waals surface area contributed by atoms with Crippen LogP contribution >= 0.6 is 31.9 Å². The van der Waals surface area contributed by atoms with E-state index >= 15 is 0 Å². The Hall–Kier alpha value is -1.84. The molecule has 0 N–H and O–H groups in total. The third-order valence-electron chi connectivity index (χ3n) is 3.33. The number of hydrogen-bond acceptors (Lipinski definition) is 3. The molecule has 0 aliphatic heterocycles. The van der Waals surface area contributed by atoms with Gasteiger partial charge in [-0.3, -0.25) is 4.79 Å². The van der Waals surface area contributed by atoms with Crippen LogP contribution in [0.1, 0.15) is 13.3 Å². The van der Waals surface area contributed by atoms with Gasteiger partial charge in [-0.25, -0.2) is 0 Å². The van der Waals surface area contributed by atoms with E-state index in [-0.39, 0.29) is 12.3 Å². The molecule has 4 nitrogen and oxygen atoms in total. The minimum atomic E-state index is -0.679. The SMILES string of the molecule is C[C@H](Oc1ccc(Br)cc1Br)C(=O)N(CCC#N)c1ccccc1. The molecule has 124 valence electrons. The van der Waals surface area contributed by atoms with E-state index in [4.69, 9.17) is 10.00 Å². The van der Waals surface area contributed by atoms with Gasteiger partial charge < -0.3 is 9.64 Å². The zero-order chi connectivity index (χ0) is 17.5. The Labute approximate surface area is 158 Å². The number of ether oxygens (including phenoxy) is 1. The summed E-state index contributed by atoms with van der Waals surface area (Å²) in [6, 6.07) is 16.9. The zero-order valence-electron chi connectivity index (χ0n) is 13.1. The third-order valence-corrected chi connectivity index (χ3v) is 4.44. The molecular formula is C18H16Br2N2O2. The van der Waals surface area contributed by atoms with Crippen LogP contribution in [-0.2, 0) is 4.79 Å². The molecule has 0 heterocycles. The van der Waals surface area contributed by atoms with E-state index in [1.54, 1.807) is 17.9 Å². The summed E-state index contributed by atoms with van der Waals surface area (Å²) in [6.07, 6.45) is -0.420. The number of amides is 1. The van der Waals surface area contributed by atoms with Crippen LogP contribution < -0.4 is 9.64 Å². The molecule has 0 aromatic heterocycles. The van der Waals surface area contributed by atoms with Crippen molar-refractivity contribution in [3.05, 3.63) is 57.5 Å². The molecule has 0 aliphatic rings. The molecule has 6 heteroatoms. The second-order valence-electron chi connectivity index (χ2n) is 5.07. The van der Waals surface area contributed by atoms with Crippen molar-refractivity contribution in [1.29, 1.82) is 5.26 Å². The van der Waals surface area contributed by atoms with Crippen LogP contribution in [0.5, 0.6) is 5.75 Å². The molecule has 2 aromatic rings. The van der Waals surface area contributed by atoms with Crippen LogP contribution in [0, 0.1) is 11.3 Å². The summed E-state index contributed by atoms with van der Waals surface area (Å²) >= 11 is 6.81. The summed E-state index contributed by atoms with van der Waals surface area (Å²) in [6.45, 7) is 2.04. The molecule has 0 fully saturated rings. The number of benzene rings is 2. The molecule has 1 amide bonds. The minimum absolute atomic E-state index is 0.189. The van der Waals surface area contributed by atoms with Gasteiger partial charge in [-0.1, -0.05) is 34.1 Å². The smallest absolute Gasteiger partial charge is 0.267 e. The molecule has 0 spiro atoms. The molecule has 2 rings (SSSR count). The number of anilines is 1. The van der Waals surface area contributed by atoms with E-state index in [1.807, 2.05) is 42.5 Å². The van der Waals surface area contributed by atoms with Gasteiger partial charge in [-0.15, -0.1) is 0 Å². The molecular weight excluding hydrogens is 436 g/mol. The summed E-state index contributed by atoms with van der Waals surface area (Å²) in [5.74, 6) is 0.401. The topological polar surface area (TPSA) is 53.3 Å². The predicted molar refractivity (Wildman–Crippen MR) is 101 cm³/mol. The van der Waals surface area contributed by atoms with Crippen LogP contribution in [0.15, 0.2) is 57.5 Å². The third kappa shape index (κ3) is 4.83. The Balaban J connectivity index is 2.17. The highest BCUT2D eigenvalue weighted by Crippen LogP contribution is 2.29. The highest BCUT2D eigenvalue weighted by atomic mass is 79.9. The maximum Gasteiger partial charge on any atom is 0.267 e. The number of rotatable bonds is 6. The Morgan fingerprint density at radius 2 is 1.96 bits per heavy atom. The first-order chi connectivity index (χ1) is 11.5. The van der Waals surface area contributed by atoms with Gasteiger partial charge >= 0.3 is 0 Å². The number of halogens is 2. The monoisotopic (exact) mass is 450 g/mol. The van der Waals surface area contributed by atoms with Gasteiger partial charge in [-0.2, -0.15) is 5.26 Å². The van der Waals surface area contributed by atoms with Crippen molar-refractivity contribution in [3.8, 4) is 11.8 Å². The van der Waals surface area contributed by atoms with Crippen molar-refractivity contribution in [3.63, 3.8) is 0 Å². The summed E-state index contributed by atoms with van der Waals surface area (Å²) in [4.78, 5) is 14.4. The second kappa shape index (κ2) is 8.86. The maximum absolute atomic E-state index is 12.8. The van der Waals surface area contributed by atoms with Gasteiger partial charge in [-0.05, 0) is 53.2 Å². The van der Waals surface area contributed by atoms with Crippen LogP contribution in [0.4, 0.5) is 5.69 Å². The number of nitriles is 1. The first-order valence-electron chi connectivity index (χ1n) is 7.38. The van der Waals surface area contributed by atoms with Gasteiger partial charge in [0.15, 0.2) is 6.10 Å². The average molecular weight is 452 g/mol. The molecule has 0 aliphatic carbocycles. The van der Waals surface area contributed by atoms with Crippen LogP contribution in [0.3, 0.4) is 0 Å². The summed E-state index contributed by atoms with van der Waals surface area (Å²) < 4.78 is 7.48. The quantitative estimate of drug-likeness (QED) is 0.625. The van der Waals surface area contributed by atoms with E-state index in [0.717, 1.165) is 14.6 Å². The Kier molecular flexibility index (Phi) is 6.83. The van der Waals surface area contributed by atoms with Crippen molar-refractivity contribution < 1.29 is 9.53 Å². The lowest BCUT2D eigenvalue weighted by Gasteiger charge is -2.25. The van der Waals surface area contributed by atoms with Crippen molar-refractivity contribution in [2.24, 2.45) is 0 Å². The molecule has 0 radical (unpaired) electrons. The Bertz CT molecular complexity index is 744. The van der Waals surface area contributed by atoms with Crippen molar-refractivity contribution in [2.45, 2.75) is 19.4 Å². The number of para-hydroxylation sites is 1. The number of hydrogen-bond donors (Lipinski definition) is 0. The molecule has 0 bridgehead atoms. The number of carbonyl (C=O) groups is 1. The highest BCUT2D eigenvalue weighted by Gasteiger charge is 2.23. The lowest BCUT2D eigenvalue weighted by Crippen LogP contribution is -2.41. The van der Waals surface area contributed by atoms with Crippen LogP contribution in [0.2, 0.25) is 0 Å². The lowest BCUT2D eigenvalue weighted by atomic mass is 10.2. The van der Waals surface area contributed by atoms with Crippen molar-refractivity contribution in [1.82, 2.24) is 0 Å². The molecule has 2 aromatic carbocycles. The number of nitrogens with zero attached hydrogens (tertiary/aromatic N) is 2. The fourth-order valence-corrected chi connectivity index (χ4v) is 3.31. The second-order valence-corrected chi connectivity index (χ2v) is 6.84. The standard InChI is InChI=1S/C18H16Br2N2O2/c1-13(24-17-9-8-14(19)12-16(17)20)18(23)22(11-5-10-21)15-6-3-2-4-7-15/h2-4,6-9,12-13H,5,11H2,1H3/t13-/m0/s1. The molecule has 1 atom stereocenters. The van der Waals surface area contributed by atoms with Gasteiger partial charge in [0.1, 0.15) is 5.75 Å². The largest absolute Gasteiger partial charge is 0.480 e. The van der Waals surface area contributed by atoms with Crippen LogP contribution in [0.25, 0.3) is 0 Å². The average Bonchev–Trinajstić information content (AvgIpc) is 2.58. The molecule has 0 saturated carbocycles. The van der Waals surface area contributed by atoms with Gasteiger partial charge in [0.05, 0.1) is 17.0 Å². The van der Waals surface area contributed by atoms with Gasteiger partial charge in [0.25, 0.3) is 5.91 Å². The predicted octanol–water partition coefficient (Wildman–Crippen LogP) is 4.93. The Morgan fingerprint density at radius 3 is 2.58 bits per heavy atom. The molecule has 24 heavy (non-hydrogen) atoms. The first-order valence-corrected chi connectivity index (χ1v) is 8.96. The fourth-order valence-electron chi connectivity index (χ4n) is 2.17. The van der Waals surface area contributed by atoms with Crippen molar-refractivity contribution >= 4 is 43.5 Å². The fraction of sp³-hybridized carbons (Fsp3) is 0.222. The minimum Gasteiger partial charge on any atom is -0.480 e.